The van der Waals surface area contributed by atoms with Gasteiger partial charge >= 0.3 is 5.91 Å². The topological polar surface area (TPSA) is 94.4 Å². The van der Waals surface area contributed by atoms with E-state index in [9.17, 15) is 9.59 Å². The first-order chi connectivity index (χ1) is 16.3. The van der Waals surface area contributed by atoms with E-state index in [0.717, 1.165) is 26.8 Å². The first kappa shape index (κ1) is 21.8. The van der Waals surface area contributed by atoms with Crippen molar-refractivity contribution in [2.24, 2.45) is 5.10 Å². The SMILES string of the molecule is Cc1cc(C=NNC(=O)c2cc3cc(Br)ccc3o2)c(C)n1-n1c(C)nc2ccccc2c1=O. The van der Waals surface area contributed by atoms with Crippen molar-refractivity contribution < 1.29 is 9.21 Å². The van der Waals surface area contributed by atoms with E-state index in [2.05, 4.69) is 31.4 Å². The average Bonchev–Trinajstić information content (AvgIpc) is 3.35. The van der Waals surface area contributed by atoms with Gasteiger partial charge < -0.3 is 4.42 Å². The minimum atomic E-state index is -0.455. The molecule has 5 aromatic rings. The summed E-state index contributed by atoms with van der Waals surface area (Å²) >= 11 is 3.41. The van der Waals surface area contributed by atoms with E-state index in [1.165, 1.54) is 0 Å². The van der Waals surface area contributed by atoms with Gasteiger partial charge in [-0.2, -0.15) is 9.78 Å². The van der Waals surface area contributed by atoms with Gasteiger partial charge in [0.25, 0.3) is 5.56 Å². The Labute approximate surface area is 202 Å². The molecule has 0 saturated heterocycles. The number of carbonyl (C=O) groups excluding carboxylic acids is 1. The molecule has 1 amide bonds. The normalized spacial score (nSPS) is 11.6. The number of aryl methyl sites for hydroxylation is 2. The zero-order chi connectivity index (χ0) is 24.0. The van der Waals surface area contributed by atoms with Gasteiger partial charge in [0.05, 0.1) is 17.1 Å². The minimum absolute atomic E-state index is 0.154. The van der Waals surface area contributed by atoms with Crippen LogP contribution >= 0.6 is 15.9 Å². The van der Waals surface area contributed by atoms with Crippen LogP contribution < -0.4 is 11.0 Å². The van der Waals surface area contributed by atoms with Crippen molar-refractivity contribution in [3.63, 3.8) is 0 Å². The fraction of sp³-hybridized carbons (Fsp3) is 0.120. The maximum atomic E-state index is 13.2. The molecule has 0 spiro atoms. The van der Waals surface area contributed by atoms with Crippen LogP contribution in [0.25, 0.3) is 21.9 Å². The van der Waals surface area contributed by atoms with E-state index in [1.54, 1.807) is 40.7 Å². The standard InChI is InChI=1S/C25H20BrN5O3/c1-14-10-18(13-27-29-24(32)23-12-17-11-19(26)8-9-22(17)34-23)15(2)30(14)31-16(3)28-21-7-5-4-6-20(21)25(31)33/h4-13H,1-3H3,(H,29,32). The zero-order valence-electron chi connectivity index (χ0n) is 18.7. The number of para-hydroxylation sites is 1. The lowest BCUT2D eigenvalue weighted by Gasteiger charge is -2.16. The molecule has 3 heterocycles. The molecule has 9 heteroatoms. The monoisotopic (exact) mass is 517 g/mol. The van der Waals surface area contributed by atoms with Crippen LogP contribution in [0.4, 0.5) is 0 Å². The molecule has 0 radical (unpaired) electrons. The van der Waals surface area contributed by atoms with Gasteiger partial charge in [0.15, 0.2) is 5.76 Å². The number of carbonyl (C=O) groups is 1. The van der Waals surface area contributed by atoms with Crippen LogP contribution in [0, 0.1) is 20.8 Å². The van der Waals surface area contributed by atoms with Crippen molar-refractivity contribution in [1.82, 2.24) is 19.8 Å². The number of halogens is 1. The summed E-state index contributed by atoms with van der Waals surface area (Å²) in [5.74, 6) is 0.280. The molecule has 5 rings (SSSR count). The summed E-state index contributed by atoms with van der Waals surface area (Å²) in [6.45, 7) is 5.58. The number of furan rings is 1. The molecule has 0 atom stereocenters. The minimum Gasteiger partial charge on any atom is -0.451 e. The molecule has 34 heavy (non-hydrogen) atoms. The lowest BCUT2D eigenvalue weighted by atomic mass is 10.2. The van der Waals surface area contributed by atoms with Gasteiger partial charge in [0.2, 0.25) is 0 Å². The number of nitrogens with one attached hydrogen (secondary N) is 1. The fourth-order valence-electron chi connectivity index (χ4n) is 4.03. The van der Waals surface area contributed by atoms with Crippen molar-refractivity contribution >= 4 is 49.9 Å². The number of rotatable bonds is 4. The fourth-order valence-corrected chi connectivity index (χ4v) is 4.41. The summed E-state index contributed by atoms with van der Waals surface area (Å²) in [5.41, 5.74) is 5.99. The third kappa shape index (κ3) is 3.73. The summed E-state index contributed by atoms with van der Waals surface area (Å²) in [5, 5.41) is 5.46. The highest BCUT2D eigenvalue weighted by Gasteiger charge is 2.16. The van der Waals surface area contributed by atoms with E-state index < -0.39 is 5.91 Å². The molecule has 3 aromatic heterocycles. The van der Waals surface area contributed by atoms with Crippen LogP contribution in [0.15, 0.2) is 73.4 Å². The highest BCUT2D eigenvalue weighted by molar-refractivity contribution is 9.10. The summed E-state index contributed by atoms with van der Waals surface area (Å²) in [4.78, 5) is 30.3. The average molecular weight is 518 g/mol. The van der Waals surface area contributed by atoms with Crippen LogP contribution in [-0.2, 0) is 0 Å². The number of benzene rings is 2. The van der Waals surface area contributed by atoms with Gasteiger partial charge in [-0.1, -0.05) is 28.1 Å². The molecule has 0 bridgehead atoms. The second kappa shape index (κ2) is 8.42. The van der Waals surface area contributed by atoms with Crippen molar-refractivity contribution in [3.05, 3.63) is 98.0 Å². The molecular formula is C25H20BrN5O3. The Morgan fingerprint density at radius 1 is 1.09 bits per heavy atom. The number of hydrogen-bond donors (Lipinski definition) is 1. The quantitative estimate of drug-likeness (QED) is 0.276. The number of nitrogens with zero attached hydrogens (tertiary/aromatic N) is 4. The van der Waals surface area contributed by atoms with E-state index >= 15 is 0 Å². The van der Waals surface area contributed by atoms with E-state index in [-0.39, 0.29) is 11.3 Å². The number of amides is 1. The lowest BCUT2D eigenvalue weighted by Crippen LogP contribution is -2.30. The number of hydrogen-bond acceptors (Lipinski definition) is 5. The Kier molecular flexibility index (Phi) is 5.41. The van der Waals surface area contributed by atoms with Gasteiger partial charge in [0.1, 0.15) is 11.4 Å². The van der Waals surface area contributed by atoms with Crippen molar-refractivity contribution in [1.29, 1.82) is 0 Å². The lowest BCUT2D eigenvalue weighted by molar-refractivity contribution is 0.0929. The van der Waals surface area contributed by atoms with Gasteiger partial charge in [-0.3, -0.25) is 14.3 Å². The van der Waals surface area contributed by atoms with E-state index in [4.69, 9.17) is 4.42 Å². The van der Waals surface area contributed by atoms with Gasteiger partial charge in [-0.05, 0) is 63.2 Å². The van der Waals surface area contributed by atoms with Crippen LogP contribution in [0.5, 0.6) is 0 Å². The summed E-state index contributed by atoms with van der Waals surface area (Å²) < 4.78 is 9.85. The number of aromatic nitrogens is 3. The van der Waals surface area contributed by atoms with Crippen LogP contribution in [0.3, 0.4) is 0 Å². The highest BCUT2D eigenvalue weighted by Crippen LogP contribution is 2.23. The van der Waals surface area contributed by atoms with Crippen molar-refractivity contribution in [2.45, 2.75) is 20.8 Å². The zero-order valence-corrected chi connectivity index (χ0v) is 20.3. The highest BCUT2D eigenvalue weighted by atomic mass is 79.9. The molecule has 0 aliphatic carbocycles. The number of fused-ring (bicyclic) bond motifs is 2. The molecule has 0 saturated carbocycles. The van der Waals surface area contributed by atoms with Gasteiger partial charge in [0, 0.05) is 26.8 Å². The molecule has 170 valence electrons. The molecule has 0 aliphatic heterocycles. The summed E-state index contributed by atoms with van der Waals surface area (Å²) in [6, 6.07) is 16.3. The van der Waals surface area contributed by atoms with Crippen molar-refractivity contribution in [2.75, 3.05) is 0 Å². The van der Waals surface area contributed by atoms with Gasteiger partial charge in [-0.25, -0.2) is 10.4 Å². The molecule has 8 nitrogen and oxygen atoms in total. The predicted octanol–water partition coefficient (Wildman–Crippen LogP) is 4.71. The Hall–Kier alpha value is -3.98. The second-order valence-corrected chi connectivity index (χ2v) is 8.84. The van der Waals surface area contributed by atoms with E-state index in [1.807, 2.05) is 50.2 Å². The van der Waals surface area contributed by atoms with E-state index in [0.29, 0.717) is 22.3 Å². The molecule has 2 aromatic carbocycles. The Morgan fingerprint density at radius 2 is 1.88 bits per heavy atom. The smallest absolute Gasteiger partial charge is 0.307 e. The summed E-state index contributed by atoms with van der Waals surface area (Å²) in [6.07, 6.45) is 1.55. The first-order valence-corrected chi connectivity index (χ1v) is 11.3. The van der Waals surface area contributed by atoms with Crippen LogP contribution in [0.1, 0.15) is 33.3 Å². The maximum absolute atomic E-state index is 13.2. The summed E-state index contributed by atoms with van der Waals surface area (Å²) in [7, 11) is 0. The first-order valence-electron chi connectivity index (χ1n) is 10.5. The Balaban J connectivity index is 1.44. The largest absolute Gasteiger partial charge is 0.451 e. The maximum Gasteiger partial charge on any atom is 0.307 e. The molecule has 0 unspecified atom stereocenters. The Bertz CT molecular complexity index is 1680. The predicted molar refractivity (Wildman–Crippen MR) is 134 cm³/mol. The second-order valence-electron chi connectivity index (χ2n) is 7.92. The van der Waals surface area contributed by atoms with Gasteiger partial charge in [-0.15, -0.1) is 0 Å². The van der Waals surface area contributed by atoms with Crippen LogP contribution in [-0.4, -0.2) is 26.5 Å². The third-order valence-electron chi connectivity index (χ3n) is 5.62. The third-order valence-corrected chi connectivity index (χ3v) is 6.11. The molecular weight excluding hydrogens is 498 g/mol. The Morgan fingerprint density at radius 3 is 2.71 bits per heavy atom. The molecule has 0 aliphatic rings. The number of hydrazone groups is 1. The molecule has 1 N–H and O–H groups in total. The van der Waals surface area contributed by atoms with Crippen molar-refractivity contribution in [3.8, 4) is 0 Å². The van der Waals surface area contributed by atoms with Crippen LogP contribution in [0.2, 0.25) is 0 Å². The molecule has 0 fully saturated rings.